The minimum atomic E-state index is 0.147. The van der Waals surface area contributed by atoms with Crippen LogP contribution < -0.4 is 0 Å². The van der Waals surface area contributed by atoms with Crippen molar-refractivity contribution in [1.82, 2.24) is 4.90 Å². The molecule has 0 aliphatic rings. The maximum atomic E-state index is 12.2. The second-order valence-electron chi connectivity index (χ2n) is 5.03. The van der Waals surface area contributed by atoms with Crippen molar-refractivity contribution in [2.45, 2.75) is 20.4 Å². The van der Waals surface area contributed by atoms with Crippen LogP contribution in [0, 0.1) is 13.8 Å². The van der Waals surface area contributed by atoms with Gasteiger partial charge in [-0.1, -0.05) is 12.1 Å². The summed E-state index contributed by atoms with van der Waals surface area (Å²) in [5, 5.41) is 0. The van der Waals surface area contributed by atoms with E-state index in [1.165, 1.54) is 5.56 Å². The highest BCUT2D eigenvalue weighted by Gasteiger charge is 2.10. The smallest absolute Gasteiger partial charge is 0.176 e. The van der Waals surface area contributed by atoms with E-state index in [2.05, 4.69) is 6.92 Å². The molecule has 3 heteroatoms. The van der Waals surface area contributed by atoms with Gasteiger partial charge >= 0.3 is 0 Å². The van der Waals surface area contributed by atoms with Gasteiger partial charge in [-0.15, -0.1) is 0 Å². The molecule has 0 atom stereocenters. The number of aryl methyl sites for hydroxylation is 2. The second-order valence-corrected chi connectivity index (χ2v) is 5.03. The first-order valence-electron chi connectivity index (χ1n) is 6.36. The molecule has 3 nitrogen and oxygen atoms in total. The number of likely N-dealkylation sites (N-methyl/N-ethyl adjacent to an activating group) is 1. The average molecular weight is 257 g/mol. The highest BCUT2D eigenvalue weighted by Crippen LogP contribution is 2.11. The Morgan fingerprint density at radius 1 is 1.21 bits per heavy atom. The molecular weight excluding hydrogens is 238 g/mol. The van der Waals surface area contributed by atoms with Crippen LogP contribution in [0.15, 0.2) is 41.2 Å². The SMILES string of the molecule is Cc1ccc(C(=O)CN(C)Cc2ccoc2)cc1C. The van der Waals surface area contributed by atoms with Gasteiger partial charge in [-0.25, -0.2) is 0 Å². The Kier molecular flexibility index (Phi) is 4.17. The third-order valence-corrected chi connectivity index (χ3v) is 3.28. The van der Waals surface area contributed by atoms with Crippen LogP contribution in [0.2, 0.25) is 0 Å². The fraction of sp³-hybridized carbons (Fsp3) is 0.312. The van der Waals surface area contributed by atoms with E-state index in [4.69, 9.17) is 4.42 Å². The first-order valence-corrected chi connectivity index (χ1v) is 6.36. The highest BCUT2D eigenvalue weighted by atomic mass is 16.3. The summed E-state index contributed by atoms with van der Waals surface area (Å²) in [6, 6.07) is 7.77. The van der Waals surface area contributed by atoms with E-state index in [1.807, 2.05) is 43.1 Å². The third kappa shape index (κ3) is 3.55. The number of hydrogen-bond donors (Lipinski definition) is 0. The Hall–Kier alpha value is -1.87. The molecule has 1 heterocycles. The lowest BCUT2D eigenvalue weighted by Crippen LogP contribution is -2.25. The minimum Gasteiger partial charge on any atom is -0.472 e. The first-order chi connectivity index (χ1) is 9.06. The van der Waals surface area contributed by atoms with Crippen LogP contribution in [0.1, 0.15) is 27.0 Å². The lowest BCUT2D eigenvalue weighted by atomic mass is 10.0. The summed E-state index contributed by atoms with van der Waals surface area (Å²) in [6.45, 7) is 5.21. The van der Waals surface area contributed by atoms with Crippen LogP contribution in [0.25, 0.3) is 0 Å². The average Bonchev–Trinajstić information content (AvgIpc) is 2.85. The fourth-order valence-corrected chi connectivity index (χ4v) is 2.00. The van der Waals surface area contributed by atoms with Crippen molar-refractivity contribution in [2.24, 2.45) is 0 Å². The summed E-state index contributed by atoms with van der Waals surface area (Å²) < 4.78 is 5.02. The van der Waals surface area contributed by atoms with Crippen molar-refractivity contribution >= 4 is 5.78 Å². The number of nitrogens with zero attached hydrogens (tertiary/aromatic N) is 1. The summed E-state index contributed by atoms with van der Waals surface area (Å²) >= 11 is 0. The number of ketones is 1. The summed E-state index contributed by atoms with van der Waals surface area (Å²) in [5.41, 5.74) is 4.23. The van der Waals surface area contributed by atoms with Gasteiger partial charge in [-0.2, -0.15) is 0 Å². The molecule has 0 bridgehead atoms. The molecule has 0 saturated carbocycles. The van der Waals surface area contributed by atoms with Gasteiger partial charge in [-0.05, 0) is 44.2 Å². The van der Waals surface area contributed by atoms with Crippen molar-refractivity contribution in [3.63, 3.8) is 0 Å². The van der Waals surface area contributed by atoms with Crippen LogP contribution in [-0.4, -0.2) is 24.3 Å². The molecule has 0 radical (unpaired) electrons. The molecule has 100 valence electrons. The van der Waals surface area contributed by atoms with Crippen LogP contribution in [0.5, 0.6) is 0 Å². The number of hydrogen-bond acceptors (Lipinski definition) is 3. The van der Waals surface area contributed by atoms with Crippen LogP contribution >= 0.6 is 0 Å². The molecule has 0 aliphatic carbocycles. The van der Waals surface area contributed by atoms with Crippen molar-refractivity contribution in [2.75, 3.05) is 13.6 Å². The molecule has 2 aromatic rings. The molecule has 0 spiro atoms. The molecule has 0 fully saturated rings. The van der Waals surface area contributed by atoms with Gasteiger partial charge in [-0.3, -0.25) is 9.69 Å². The second kappa shape index (κ2) is 5.85. The van der Waals surface area contributed by atoms with Gasteiger partial charge in [0.05, 0.1) is 19.1 Å². The van der Waals surface area contributed by atoms with Crippen molar-refractivity contribution in [3.8, 4) is 0 Å². The monoisotopic (exact) mass is 257 g/mol. The Morgan fingerprint density at radius 2 is 2.00 bits per heavy atom. The predicted octanol–water partition coefficient (Wildman–Crippen LogP) is 3.21. The van der Waals surface area contributed by atoms with Crippen molar-refractivity contribution < 1.29 is 9.21 Å². The topological polar surface area (TPSA) is 33.5 Å². The van der Waals surface area contributed by atoms with Crippen LogP contribution in [0.3, 0.4) is 0 Å². The molecule has 0 N–H and O–H groups in total. The number of Topliss-reactive ketones (excluding diaryl/α,β-unsaturated/α-hetero) is 1. The molecule has 1 aromatic carbocycles. The number of carbonyl (C=O) groups is 1. The third-order valence-electron chi connectivity index (χ3n) is 3.28. The quantitative estimate of drug-likeness (QED) is 0.771. The van der Waals surface area contributed by atoms with Gasteiger partial charge < -0.3 is 4.42 Å². The lowest BCUT2D eigenvalue weighted by molar-refractivity contribution is 0.0943. The van der Waals surface area contributed by atoms with Crippen LogP contribution in [0.4, 0.5) is 0 Å². The van der Waals surface area contributed by atoms with Gasteiger partial charge in [0, 0.05) is 17.7 Å². The Bertz CT molecular complexity index is 558. The zero-order chi connectivity index (χ0) is 13.8. The Labute approximate surface area is 113 Å². The van der Waals surface area contributed by atoms with Gasteiger partial charge in [0.15, 0.2) is 5.78 Å². The molecular formula is C16H19NO2. The van der Waals surface area contributed by atoms with E-state index in [9.17, 15) is 4.79 Å². The number of carbonyl (C=O) groups excluding carboxylic acids is 1. The van der Waals surface area contributed by atoms with E-state index in [0.29, 0.717) is 13.1 Å². The molecule has 0 saturated heterocycles. The van der Waals surface area contributed by atoms with E-state index in [0.717, 1.165) is 16.7 Å². The summed E-state index contributed by atoms with van der Waals surface area (Å²) in [5.74, 6) is 0.147. The van der Waals surface area contributed by atoms with E-state index < -0.39 is 0 Å². The highest BCUT2D eigenvalue weighted by molar-refractivity contribution is 5.97. The zero-order valence-electron chi connectivity index (χ0n) is 11.6. The number of benzene rings is 1. The summed E-state index contributed by atoms with van der Waals surface area (Å²) in [4.78, 5) is 14.2. The van der Waals surface area contributed by atoms with Gasteiger partial charge in [0.25, 0.3) is 0 Å². The molecule has 0 unspecified atom stereocenters. The minimum absolute atomic E-state index is 0.147. The normalized spacial score (nSPS) is 10.9. The van der Waals surface area contributed by atoms with Crippen LogP contribution in [-0.2, 0) is 6.54 Å². The molecule has 0 amide bonds. The standard InChI is InChI=1S/C16H19NO2/c1-12-4-5-15(8-13(12)2)16(18)10-17(3)9-14-6-7-19-11-14/h4-8,11H,9-10H2,1-3H3. The van der Waals surface area contributed by atoms with E-state index in [1.54, 1.807) is 12.5 Å². The summed E-state index contributed by atoms with van der Waals surface area (Å²) in [7, 11) is 1.94. The van der Waals surface area contributed by atoms with Crippen molar-refractivity contribution in [3.05, 3.63) is 59.0 Å². The molecule has 19 heavy (non-hydrogen) atoms. The Balaban J connectivity index is 1.98. The molecule has 0 aliphatic heterocycles. The van der Waals surface area contributed by atoms with E-state index >= 15 is 0 Å². The summed E-state index contributed by atoms with van der Waals surface area (Å²) in [6.07, 6.45) is 3.35. The lowest BCUT2D eigenvalue weighted by Gasteiger charge is -2.15. The predicted molar refractivity (Wildman–Crippen MR) is 75.3 cm³/mol. The van der Waals surface area contributed by atoms with E-state index in [-0.39, 0.29) is 5.78 Å². The number of furan rings is 1. The van der Waals surface area contributed by atoms with Gasteiger partial charge in [0.2, 0.25) is 0 Å². The first kappa shape index (κ1) is 13.6. The molecule has 2 rings (SSSR count). The fourth-order valence-electron chi connectivity index (χ4n) is 2.00. The Morgan fingerprint density at radius 3 is 2.63 bits per heavy atom. The maximum Gasteiger partial charge on any atom is 0.176 e. The largest absolute Gasteiger partial charge is 0.472 e. The zero-order valence-corrected chi connectivity index (χ0v) is 11.6. The number of rotatable bonds is 5. The molecule has 1 aromatic heterocycles. The maximum absolute atomic E-state index is 12.2. The van der Waals surface area contributed by atoms with Crippen molar-refractivity contribution in [1.29, 1.82) is 0 Å². The van der Waals surface area contributed by atoms with Gasteiger partial charge in [0.1, 0.15) is 0 Å².